The highest BCUT2D eigenvalue weighted by Gasteiger charge is 2.15. The van der Waals surface area contributed by atoms with Crippen molar-refractivity contribution in [2.24, 2.45) is 10.9 Å². The maximum atomic E-state index is 13.1. The van der Waals surface area contributed by atoms with E-state index in [9.17, 15) is 9.18 Å². The van der Waals surface area contributed by atoms with Gasteiger partial charge in [0, 0.05) is 12.7 Å². The number of rotatable bonds is 4. The second-order valence-corrected chi connectivity index (χ2v) is 3.54. The topological polar surface area (TPSA) is 96.9 Å². The molecule has 0 aliphatic heterocycles. The van der Waals surface area contributed by atoms with Crippen LogP contribution in [0.4, 0.5) is 10.1 Å². The summed E-state index contributed by atoms with van der Waals surface area (Å²) in [4.78, 5) is 11.6. The molecule has 0 spiro atoms. The van der Waals surface area contributed by atoms with Gasteiger partial charge in [0.25, 0.3) is 5.91 Å². The zero-order valence-corrected chi connectivity index (χ0v) is 9.98. The summed E-state index contributed by atoms with van der Waals surface area (Å²) in [7, 11) is 1.39. The number of halogens is 1. The van der Waals surface area contributed by atoms with E-state index in [0.29, 0.717) is 0 Å². The number of oxime groups is 1. The number of nitrogens with one attached hydrogen (secondary N) is 1. The molecule has 0 bridgehead atoms. The smallest absolute Gasteiger partial charge is 0.253 e. The Balaban J connectivity index is 3.06. The van der Waals surface area contributed by atoms with Crippen LogP contribution in [0.2, 0.25) is 0 Å². The summed E-state index contributed by atoms with van der Waals surface area (Å²) in [5.74, 6) is -1.28. The van der Waals surface area contributed by atoms with Gasteiger partial charge in [0.15, 0.2) is 5.84 Å². The van der Waals surface area contributed by atoms with Crippen LogP contribution in [-0.4, -0.2) is 30.2 Å². The molecule has 1 unspecified atom stereocenters. The number of carbonyl (C=O) groups excluding carboxylic acids is 1. The van der Waals surface area contributed by atoms with Crippen LogP contribution in [0.25, 0.3) is 0 Å². The molecule has 6 nitrogen and oxygen atoms in total. The van der Waals surface area contributed by atoms with Gasteiger partial charge in [-0.25, -0.2) is 4.39 Å². The van der Waals surface area contributed by atoms with Gasteiger partial charge in [-0.2, -0.15) is 0 Å². The number of anilines is 1. The molecule has 18 heavy (non-hydrogen) atoms. The molecule has 0 aromatic heterocycles. The summed E-state index contributed by atoms with van der Waals surface area (Å²) in [6.07, 6.45) is -0.671. The highest BCUT2D eigenvalue weighted by molar-refractivity contribution is 6.06. The highest BCUT2D eigenvalue weighted by Crippen LogP contribution is 2.17. The molecule has 1 amide bonds. The third-order valence-corrected chi connectivity index (χ3v) is 2.35. The van der Waals surface area contributed by atoms with Crippen molar-refractivity contribution in [3.63, 3.8) is 0 Å². The van der Waals surface area contributed by atoms with Crippen molar-refractivity contribution in [3.8, 4) is 0 Å². The Morgan fingerprint density at radius 1 is 1.61 bits per heavy atom. The van der Waals surface area contributed by atoms with Gasteiger partial charge in [0.2, 0.25) is 0 Å². The summed E-state index contributed by atoms with van der Waals surface area (Å²) in [5, 5.41) is 13.9. The SMILES string of the molecule is COC(C)C(=O)Nc1ccc(F)cc1/C(N)=N/O. The van der Waals surface area contributed by atoms with Gasteiger partial charge >= 0.3 is 0 Å². The van der Waals surface area contributed by atoms with Crippen LogP contribution < -0.4 is 11.1 Å². The molecule has 1 aromatic rings. The summed E-state index contributed by atoms with van der Waals surface area (Å²) >= 11 is 0. The average Bonchev–Trinajstić information content (AvgIpc) is 2.38. The third kappa shape index (κ3) is 3.17. The summed E-state index contributed by atoms with van der Waals surface area (Å²) in [6.45, 7) is 1.56. The monoisotopic (exact) mass is 255 g/mol. The largest absolute Gasteiger partial charge is 0.409 e. The van der Waals surface area contributed by atoms with Gasteiger partial charge in [-0.15, -0.1) is 0 Å². The highest BCUT2D eigenvalue weighted by atomic mass is 19.1. The van der Waals surface area contributed by atoms with Gasteiger partial charge in [0.05, 0.1) is 5.69 Å². The van der Waals surface area contributed by atoms with E-state index in [1.54, 1.807) is 6.92 Å². The lowest BCUT2D eigenvalue weighted by molar-refractivity contribution is -0.124. The number of nitrogens with zero attached hydrogens (tertiary/aromatic N) is 1. The maximum Gasteiger partial charge on any atom is 0.253 e. The lowest BCUT2D eigenvalue weighted by Crippen LogP contribution is -2.28. The summed E-state index contributed by atoms with van der Waals surface area (Å²) in [5.41, 5.74) is 5.73. The van der Waals surface area contributed by atoms with Gasteiger partial charge < -0.3 is 21.0 Å². The second-order valence-electron chi connectivity index (χ2n) is 3.54. The standard InChI is InChI=1S/C11H14FN3O3/c1-6(18-2)11(16)14-9-4-3-7(12)5-8(9)10(13)15-17/h3-6,17H,1-2H3,(H2,13,15)(H,14,16). The number of methoxy groups -OCH3 is 1. The zero-order valence-electron chi connectivity index (χ0n) is 9.98. The number of hydrogen-bond donors (Lipinski definition) is 3. The predicted octanol–water partition coefficient (Wildman–Crippen LogP) is 0.894. The van der Waals surface area contributed by atoms with Crippen molar-refractivity contribution in [2.75, 3.05) is 12.4 Å². The van der Waals surface area contributed by atoms with Crippen LogP contribution >= 0.6 is 0 Å². The molecule has 0 saturated carbocycles. The zero-order chi connectivity index (χ0) is 13.7. The van der Waals surface area contributed by atoms with Gasteiger partial charge in [-0.05, 0) is 25.1 Å². The minimum absolute atomic E-state index is 0.0918. The van der Waals surface area contributed by atoms with Gasteiger partial charge in [-0.1, -0.05) is 5.16 Å². The van der Waals surface area contributed by atoms with E-state index in [1.807, 2.05) is 0 Å². The Kier molecular flexibility index (Phi) is 4.61. The fraction of sp³-hybridized carbons (Fsp3) is 0.273. The fourth-order valence-corrected chi connectivity index (χ4v) is 1.23. The van der Waals surface area contributed by atoms with Gasteiger partial charge in [-0.3, -0.25) is 4.79 Å². The number of nitrogens with two attached hydrogens (primary N) is 1. The fourth-order valence-electron chi connectivity index (χ4n) is 1.23. The summed E-state index contributed by atoms with van der Waals surface area (Å²) < 4.78 is 17.9. The van der Waals surface area contributed by atoms with E-state index in [-0.39, 0.29) is 17.1 Å². The van der Waals surface area contributed by atoms with E-state index in [0.717, 1.165) is 12.1 Å². The Morgan fingerprint density at radius 2 is 2.28 bits per heavy atom. The molecular formula is C11H14FN3O3. The second kappa shape index (κ2) is 5.97. The van der Waals surface area contributed by atoms with Crippen molar-refractivity contribution in [2.45, 2.75) is 13.0 Å². The normalized spacial score (nSPS) is 13.2. The Labute approximate surface area is 103 Å². The third-order valence-electron chi connectivity index (χ3n) is 2.35. The molecule has 0 radical (unpaired) electrons. The molecule has 98 valence electrons. The first kappa shape index (κ1) is 13.9. The van der Waals surface area contributed by atoms with Crippen molar-refractivity contribution in [1.82, 2.24) is 0 Å². The van der Waals surface area contributed by atoms with Crippen LogP contribution in [0.15, 0.2) is 23.4 Å². The summed E-state index contributed by atoms with van der Waals surface area (Å²) in [6, 6.07) is 3.53. The van der Waals surface area contributed by atoms with E-state index >= 15 is 0 Å². The molecule has 0 aliphatic carbocycles. The Bertz CT molecular complexity index is 477. The van der Waals surface area contributed by atoms with E-state index in [1.165, 1.54) is 13.2 Å². The molecule has 4 N–H and O–H groups in total. The Hall–Kier alpha value is -2.15. The number of amidine groups is 1. The average molecular weight is 255 g/mol. The molecule has 1 atom stereocenters. The van der Waals surface area contributed by atoms with Crippen LogP contribution in [0.1, 0.15) is 12.5 Å². The van der Waals surface area contributed by atoms with Crippen LogP contribution in [0, 0.1) is 5.82 Å². The molecule has 1 aromatic carbocycles. The van der Waals surface area contributed by atoms with E-state index in [4.69, 9.17) is 15.7 Å². The molecule has 1 rings (SSSR count). The van der Waals surface area contributed by atoms with Crippen molar-refractivity contribution in [3.05, 3.63) is 29.6 Å². The first-order valence-corrected chi connectivity index (χ1v) is 5.10. The molecule has 0 heterocycles. The van der Waals surface area contributed by atoms with Crippen molar-refractivity contribution >= 4 is 17.4 Å². The maximum absolute atomic E-state index is 13.1. The number of ether oxygens (including phenoxy) is 1. The first-order chi connectivity index (χ1) is 8.49. The molecular weight excluding hydrogens is 241 g/mol. The minimum atomic E-state index is -0.671. The van der Waals surface area contributed by atoms with E-state index < -0.39 is 17.8 Å². The quantitative estimate of drug-likeness (QED) is 0.322. The predicted molar refractivity (Wildman–Crippen MR) is 64.0 cm³/mol. The lowest BCUT2D eigenvalue weighted by atomic mass is 10.1. The van der Waals surface area contributed by atoms with Crippen molar-refractivity contribution < 1.29 is 19.1 Å². The number of amides is 1. The van der Waals surface area contributed by atoms with Crippen LogP contribution in [0.5, 0.6) is 0 Å². The van der Waals surface area contributed by atoms with Crippen LogP contribution in [-0.2, 0) is 9.53 Å². The first-order valence-electron chi connectivity index (χ1n) is 5.10. The molecule has 7 heteroatoms. The minimum Gasteiger partial charge on any atom is -0.409 e. The molecule has 0 saturated heterocycles. The van der Waals surface area contributed by atoms with E-state index in [2.05, 4.69) is 10.5 Å². The number of benzene rings is 1. The Morgan fingerprint density at radius 3 is 2.83 bits per heavy atom. The van der Waals surface area contributed by atoms with Crippen molar-refractivity contribution in [1.29, 1.82) is 0 Å². The lowest BCUT2D eigenvalue weighted by Gasteiger charge is -2.13. The molecule has 0 fully saturated rings. The number of hydrogen-bond acceptors (Lipinski definition) is 4. The van der Waals surface area contributed by atoms with Crippen LogP contribution in [0.3, 0.4) is 0 Å². The number of carbonyl (C=O) groups is 1. The molecule has 0 aliphatic rings. The van der Waals surface area contributed by atoms with Gasteiger partial charge in [0.1, 0.15) is 11.9 Å².